The van der Waals surface area contributed by atoms with Crippen molar-refractivity contribution >= 4 is 28.9 Å². The molecule has 2 aromatic heterocycles. The lowest BCUT2D eigenvalue weighted by Gasteiger charge is -2.27. The van der Waals surface area contributed by atoms with Gasteiger partial charge < -0.3 is 10.6 Å². The standard InChI is InChI=1S/C28H29N7O/c1-21-5-10-24(18-26(21)35(25-4-2-11-30-19-25)28-31-12-3-13-32-28)33-27(36)23-8-6-22(7-9-23)20-34-16-14-29-15-17-34/h2-13,18-19,29H,14-17,20H2,1H3,(H,33,36). The number of benzene rings is 2. The maximum atomic E-state index is 13.0. The van der Waals surface area contributed by atoms with Crippen LogP contribution in [0, 0.1) is 6.92 Å². The van der Waals surface area contributed by atoms with Crippen LogP contribution in [-0.4, -0.2) is 51.9 Å². The maximum Gasteiger partial charge on any atom is 0.255 e. The van der Waals surface area contributed by atoms with Gasteiger partial charge in [0, 0.05) is 62.6 Å². The molecule has 4 aromatic rings. The average molecular weight is 480 g/mol. The molecule has 1 aliphatic heterocycles. The van der Waals surface area contributed by atoms with Crippen LogP contribution in [0.25, 0.3) is 0 Å². The highest BCUT2D eigenvalue weighted by atomic mass is 16.1. The lowest BCUT2D eigenvalue weighted by Crippen LogP contribution is -2.42. The summed E-state index contributed by atoms with van der Waals surface area (Å²) in [5.74, 6) is 0.375. The van der Waals surface area contributed by atoms with E-state index in [-0.39, 0.29) is 5.91 Å². The molecule has 182 valence electrons. The molecule has 1 saturated heterocycles. The highest BCUT2D eigenvalue weighted by molar-refractivity contribution is 6.04. The Kier molecular flexibility index (Phi) is 7.25. The molecule has 0 atom stereocenters. The fourth-order valence-corrected chi connectivity index (χ4v) is 4.28. The van der Waals surface area contributed by atoms with E-state index in [0.29, 0.717) is 17.2 Å². The van der Waals surface area contributed by atoms with Gasteiger partial charge in [-0.25, -0.2) is 9.97 Å². The lowest BCUT2D eigenvalue weighted by molar-refractivity contribution is 0.102. The van der Waals surface area contributed by atoms with Crippen molar-refractivity contribution in [1.82, 2.24) is 25.2 Å². The second-order valence-electron chi connectivity index (χ2n) is 8.77. The topological polar surface area (TPSA) is 86.3 Å². The van der Waals surface area contributed by atoms with E-state index in [2.05, 4.69) is 30.5 Å². The second kappa shape index (κ2) is 11.1. The Bertz CT molecular complexity index is 1250. The van der Waals surface area contributed by atoms with Crippen LogP contribution >= 0.6 is 0 Å². The Morgan fingerprint density at radius 3 is 2.50 bits per heavy atom. The first-order valence-electron chi connectivity index (χ1n) is 12.1. The zero-order chi connectivity index (χ0) is 24.7. The molecule has 3 heterocycles. The lowest BCUT2D eigenvalue weighted by atomic mass is 10.1. The first-order chi connectivity index (χ1) is 17.7. The van der Waals surface area contributed by atoms with Gasteiger partial charge in [-0.05, 0) is 60.5 Å². The summed E-state index contributed by atoms with van der Waals surface area (Å²) in [6, 6.07) is 19.3. The summed E-state index contributed by atoms with van der Waals surface area (Å²) in [7, 11) is 0. The van der Waals surface area contributed by atoms with Crippen LogP contribution in [0.5, 0.6) is 0 Å². The van der Waals surface area contributed by atoms with E-state index in [1.165, 1.54) is 5.56 Å². The van der Waals surface area contributed by atoms with Gasteiger partial charge in [0.05, 0.1) is 17.6 Å². The zero-order valence-corrected chi connectivity index (χ0v) is 20.3. The Morgan fingerprint density at radius 1 is 1.00 bits per heavy atom. The quantitative estimate of drug-likeness (QED) is 0.409. The number of piperazine rings is 1. The van der Waals surface area contributed by atoms with Crippen molar-refractivity contribution in [2.45, 2.75) is 13.5 Å². The van der Waals surface area contributed by atoms with Crippen LogP contribution in [0.2, 0.25) is 0 Å². The van der Waals surface area contributed by atoms with E-state index in [4.69, 9.17) is 0 Å². The molecule has 1 fully saturated rings. The van der Waals surface area contributed by atoms with Gasteiger partial charge in [-0.15, -0.1) is 0 Å². The van der Waals surface area contributed by atoms with E-state index in [9.17, 15) is 4.79 Å². The molecule has 1 aliphatic rings. The number of nitrogens with one attached hydrogen (secondary N) is 2. The molecule has 1 amide bonds. The van der Waals surface area contributed by atoms with Gasteiger partial charge >= 0.3 is 0 Å². The molecule has 8 nitrogen and oxygen atoms in total. The van der Waals surface area contributed by atoms with E-state index >= 15 is 0 Å². The van der Waals surface area contributed by atoms with Gasteiger partial charge in [0.15, 0.2) is 0 Å². The number of carbonyl (C=O) groups is 1. The molecule has 8 heteroatoms. The summed E-state index contributed by atoms with van der Waals surface area (Å²) in [6.45, 7) is 7.05. The molecule has 0 saturated carbocycles. The van der Waals surface area contributed by atoms with Gasteiger partial charge in [-0.3, -0.25) is 19.6 Å². The molecule has 0 bridgehead atoms. The van der Waals surface area contributed by atoms with Crippen LogP contribution < -0.4 is 15.5 Å². The SMILES string of the molecule is Cc1ccc(NC(=O)c2ccc(CN3CCNCC3)cc2)cc1N(c1cccnc1)c1ncccn1. The molecular weight excluding hydrogens is 450 g/mol. The number of anilines is 4. The number of pyridine rings is 1. The minimum atomic E-state index is -0.151. The van der Waals surface area contributed by atoms with E-state index in [1.54, 1.807) is 30.9 Å². The summed E-state index contributed by atoms with van der Waals surface area (Å²) in [4.78, 5) is 30.6. The molecule has 0 radical (unpaired) electrons. The summed E-state index contributed by atoms with van der Waals surface area (Å²) in [5, 5.41) is 6.42. The van der Waals surface area contributed by atoms with Crippen molar-refractivity contribution in [1.29, 1.82) is 0 Å². The third-order valence-corrected chi connectivity index (χ3v) is 6.20. The molecule has 2 aromatic carbocycles. The van der Waals surface area contributed by atoms with E-state index in [0.717, 1.165) is 49.7 Å². The smallest absolute Gasteiger partial charge is 0.255 e. The maximum absolute atomic E-state index is 13.0. The molecule has 0 aliphatic carbocycles. The Balaban J connectivity index is 1.36. The first-order valence-corrected chi connectivity index (χ1v) is 12.1. The summed E-state index contributed by atoms with van der Waals surface area (Å²) >= 11 is 0. The zero-order valence-electron chi connectivity index (χ0n) is 20.3. The van der Waals surface area contributed by atoms with Crippen LogP contribution in [0.15, 0.2) is 85.5 Å². The molecule has 0 spiro atoms. The normalized spacial score (nSPS) is 13.8. The number of rotatable bonds is 7. The fraction of sp³-hybridized carbons (Fsp3) is 0.214. The molecule has 0 unspecified atom stereocenters. The number of aromatic nitrogens is 3. The van der Waals surface area contributed by atoms with Crippen molar-refractivity contribution < 1.29 is 4.79 Å². The Hall–Kier alpha value is -4.14. The minimum absolute atomic E-state index is 0.151. The average Bonchev–Trinajstić information content (AvgIpc) is 2.93. The van der Waals surface area contributed by atoms with E-state index < -0.39 is 0 Å². The number of aryl methyl sites for hydroxylation is 1. The van der Waals surface area contributed by atoms with Crippen molar-refractivity contribution in [3.05, 3.63) is 102 Å². The minimum Gasteiger partial charge on any atom is -0.322 e. The Labute approximate surface area is 211 Å². The molecule has 5 rings (SSSR count). The van der Waals surface area contributed by atoms with Gasteiger partial charge in [0.2, 0.25) is 5.95 Å². The van der Waals surface area contributed by atoms with Crippen molar-refractivity contribution in [3.8, 4) is 0 Å². The summed E-state index contributed by atoms with van der Waals surface area (Å²) < 4.78 is 0. The predicted molar refractivity (Wildman–Crippen MR) is 142 cm³/mol. The van der Waals surface area contributed by atoms with Crippen LogP contribution in [-0.2, 0) is 6.54 Å². The molecule has 2 N–H and O–H groups in total. The van der Waals surface area contributed by atoms with E-state index in [1.807, 2.05) is 66.4 Å². The van der Waals surface area contributed by atoms with Crippen molar-refractivity contribution in [2.24, 2.45) is 0 Å². The number of amides is 1. The monoisotopic (exact) mass is 479 g/mol. The van der Waals surface area contributed by atoms with Crippen LogP contribution in [0.4, 0.5) is 23.0 Å². The molecule has 36 heavy (non-hydrogen) atoms. The van der Waals surface area contributed by atoms with Gasteiger partial charge in [0.1, 0.15) is 0 Å². The number of nitrogens with zero attached hydrogens (tertiary/aromatic N) is 5. The summed E-state index contributed by atoms with van der Waals surface area (Å²) in [6.07, 6.45) is 6.91. The van der Waals surface area contributed by atoms with Crippen LogP contribution in [0.3, 0.4) is 0 Å². The number of carbonyl (C=O) groups excluding carboxylic acids is 1. The third kappa shape index (κ3) is 5.56. The second-order valence-corrected chi connectivity index (χ2v) is 8.77. The van der Waals surface area contributed by atoms with Crippen molar-refractivity contribution in [3.63, 3.8) is 0 Å². The van der Waals surface area contributed by atoms with Crippen molar-refractivity contribution in [2.75, 3.05) is 36.4 Å². The highest BCUT2D eigenvalue weighted by Crippen LogP contribution is 2.35. The highest BCUT2D eigenvalue weighted by Gasteiger charge is 2.18. The molecular formula is C28H29N7O. The first kappa shape index (κ1) is 23.6. The van der Waals surface area contributed by atoms with Gasteiger partial charge in [-0.1, -0.05) is 18.2 Å². The van der Waals surface area contributed by atoms with Gasteiger partial charge in [0.25, 0.3) is 5.91 Å². The number of hydrogen-bond donors (Lipinski definition) is 2. The van der Waals surface area contributed by atoms with Crippen LogP contribution in [0.1, 0.15) is 21.5 Å². The summed E-state index contributed by atoms with van der Waals surface area (Å²) in [5.41, 5.74) is 5.23. The fourth-order valence-electron chi connectivity index (χ4n) is 4.28. The predicted octanol–water partition coefficient (Wildman–Crippen LogP) is 4.31. The largest absolute Gasteiger partial charge is 0.322 e. The Morgan fingerprint density at radius 2 is 1.78 bits per heavy atom. The van der Waals surface area contributed by atoms with Gasteiger partial charge in [-0.2, -0.15) is 0 Å². The third-order valence-electron chi connectivity index (χ3n) is 6.20. The number of hydrogen-bond acceptors (Lipinski definition) is 7.